The molecule has 3 N–H and O–H groups in total. The largest absolute Gasteiger partial charge is 0.497 e. The van der Waals surface area contributed by atoms with Gasteiger partial charge in [0.25, 0.3) is 0 Å². The van der Waals surface area contributed by atoms with Crippen molar-refractivity contribution < 1.29 is 28.6 Å². The molecule has 0 aliphatic carbocycles. The van der Waals surface area contributed by atoms with E-state index in [1.807, 2.05) is 12.1 Å². The van der Waals surface area contributed by atoms with Crippen LogP contribution in [0.2, 0.25) is 0 Å². The van der Waals surface area contributed by atoms with E-state index in [4.69, 9.17) is 14.2 Å². The molecule has 0 unspecified atom stereocenters. The standard InChI is InChI=1S/C33H40N4O6/c1-21-28(31(38)42-4)30(29(22(2)35-21)32(39)43-5)25-10-6-11-26(19-25)36-33(40)34-15-8-16-37-17-13-23(14-18-37)24-9-7-12-27(20-24)41-3/h6-7,9-13,19-20,30,35H,8,14-18H2,1-5H3,(H2,34,36,40). The summed E-state index contributed by atoms with van der Waals surface area (Å²) in [6.07, 6.45) is 4.04. The molecule has 2 aromatic carbocycles. The molecule has 0 saturated heterocycles. The zero-order valence-corrected chi connectivity index (χ0v) is 25.4. The lowest BCUT2D eigenvalue weighted by Crippen LogP contribution is -2.34. The first-order valence-electron chi connectivity index (χ1n) is 14.3. The summed E-state index contributed by atoms with van der Waals surface area (Å²) in [5.74, 6) is -0.977. The third kappa shape index (κ3) is 7.64. The van der Waals surface area contributed by atoms with Crippen LogP contribution in [0.3, 0.4) is 0 Å². The van der Waals surface area contributed by atoms with Crippen LogP contribution in [-0.2, 0) is 19.1 Å². The van der Waals surface area contributed by atoms with E-state index >= 15 is 0 Å². The highest BCUT2D eigenvalue weighted by Gasteiger charge is 2.37. The van der Waals surface area contributed by atoms with Crippen LogP contribution >= 0.6 is 0 Å². The Labute approximate surface area is 252 Å². The smallest absolute Gasteiger partial charge is 0.336 e. The molecule has 10 heteroatoms. The number of carbonyl (C=O) groups excluding carboxylic acids is 3. The van der Waals surface area contributed by atoms with Gasteiger partial charge in [-0.15, -0.1) is 0 Å². The number of dihydropyridines is 1. The van der Waals surface area contributed by atoms with Gasteiger partial charge < -0.3 is 30.2 Å². The molecule has 0 aromatic heterocycles. The molecule has 2 amide bonds. The topological polar surface area (TPSA) is 118 Å². The van der Waals surface area contributed by atoms with E-state index in [0.717, 1.165) is 38.2 Å². The van der Waals surface area contributed by atoms with E-state index in [1.165, 1.54) is 25.4 Å². The van der Waals surface area contributed by atoms with Crippen LogP contribution in [0.5, 0.6) is 5.75 Å². The second-order valence-corrected chi connectivity index (χ2v) is 10.5. The summed E-state index contributed by atoms with van der Waals surface area (Å²) in [5, 5.41) is 8.88. The summed E-state index contributed by atoms with van der Waals surface area (Å²) in [6, 6.07) is 14.9. The molecule has 0 bridgehead atoms. The minimum Gasteiger partial charge on any atom is -0.497 e. The number of anilines is 1. The van der Waals surface area contributed by atoms with E-state index in [-0.39, 0.29) is 6.03 Å². The zero-order valence-electron chi connectivity index (χ0n) is 25.4. The molecule has 2 aliphatic rings. The minimum absolute atomic E-state index is 0.304. The van der Waals surface area contributed by atoms with E-state index < -0.39 is 17.9 Å². The maximum absolute atomic E-state index is 12.8. The van der Waals surface area contributed by atoms with Gasteiger partial charge in [-0.05, 0) is 67.7 Å². The number of rotatable bonds is 10. The van der Waals surface area contributed by atoms with E-state index in [1.54, 1.807) is 45.2 Å². The molecular weight excluding hydrogens is 548 g/mol. The number of methoxy groups -OCH3 is 3. The Morgan fingerprint density at radius 3 is 2.28 bits per heavy atom. The number of carbonyl (C=O) groups is 3. The molecule has 228 valence electrons. The van der Waals surface area contributed by atoms with Crippen molar-refractivity contribution >= 4 is 29.2 Å². The average Bonchev–Trinajstić information content (AvgIpc) is 3.02. The number of nitrogens with one attached hydrogen (secondary N) is 3. The third-order valence-electron chi connectivity index (χ3n) is 7.72. The Bertz CT molecular complexity index is 1420. The molecule has 2 aliphatic heterocycles. The van der Waals surface area contributed by atoms with Crippen molar-refractivity contribution in [3.8, 4) is 5.75 Å². The number of ether oxygens (including phenoxy) is 3. The molecule has 0 spiro atoms. The lowest BCUT2D eigenvalue weighted by atomic mass is 9.80. The predicted molar refractivity (Wildman–Crippen MR) is 165 cm³/mol. The summed E-state index contributed by atoms with van der Waals surface area (Å²) in [4.78, 5) is 40.6. The lowest BCUT2D eigenvalue weighted by molar-refractivity contribution is -0.137. The molecule has 0 saturated carbocycles. The van der Waals surface area contributed by atoms with Gasteiger partial charge in [-0.3, -0.25) is 4.90 Å². The van der Waals surface area contributed by atoms with Crippen molar-refractivity contribution in [1.82, 2.24) is 15.5 Å². The lowest BCUT2D eigenvalue weighted by Gasteiger charge is -2.30. The molecule has 0 fully saturated rings. The van der Waals surface area contributed by atoms with Gasteiger partial charge in [0.2, 0.25) is 0 Å². The zero-order chi connectivity index (χ0) is 30.9. The molecule has 2 heterocycles. The Morgan fingerprint density at radius 2 is 1.65 bits per heavy atom. The van der Waals surface area contributed by atoms with Crippen molar-refractivity contribution in [1.29, 1.82) is 0 Å². The molecular formula is C33H40N4O6. The van der Waals surface area contributed by atoms with Crippen molar-refractivity contribution in [3.63, 3.8) is 0 Å². The van der Waals surface area contributed by atoms with Crippen LogP contribution < -0.4 is 20.7 Å². The second kappa shape index (κ2) is 14.6. The van der Waals surface area contributed by atoms with Crippen LogP contribution in [0.1, 0.15) is 43.7 Å². The molecule has 0 radical (unpaired) electrons. The first-order chi connectivity index (χ1) is 20.7. The number of hydrogen-bond acceptors (Lipinski definition) is 8. The van der Waals surface area contributed by atoms with E-state index in [2.05, 4.69) is 39.1 Å². The minimum atomic E-state index is -0.728. The molecule has 10 nitrogen and oxygen atoms in total. The number of nitrogens with zero attached hydrogens (tertiary/aromatic N) is 1. The van der Waals surface area contributed by atoms with Crippen molar-refractivity contribution in [2.75, 3.05) is 52.8 Å². The van der Waals surface area contributed by atoms with Gasteiger partial charge in [-0.2, -0.15) is 0 Å². The normalized spacial score (nSPS) is 15.8. The summed E-state index contributed by atoms with van der Waals surface area (Å²) in [6.45, 7) is 6.73. The van der Waals surface area contributed by atoms with Gasteiger partial charge in [0, 0.05) is 43.3 Å². The van der Waals surface area contributed by atoms with Crippen LogP contribution in [0.25, 0.3) is 5.57 Å². The summed E-state index contributed by atoms with van der Waals surface area (Å²) in [7, 11) is 4.27. The number of esters is 2. The third-order valence-corrected chi connectivity index (χ3v) is 7.72. The number of amides is 2. The Kier molecular flexibility index (Phi) is 10.6. The SMILES string of the molecule is COC(=O)C1=C(C)NC(C)=C(C(=O)OC)C1c1cccc(NC(=O)NCCCN2CC=C(c3cccc(OC)c3)CC2)c1. The summed E-state index contributed by atoms with van der Waals surface area (Å²) < 4.78 is 15.4. The first-order valence-corrected chi connectivity index (χ1v) is 14.3. The maximum atomic E-state index is 12.8. The van der Waals surface area contributed by atoms with Crippen LogP contribution in [-0.4, -0.2) is 70.4 Å². The number of allylic oxidation sites excluding steroid dienone is 2. The van der Waals surface area contributed by atoms with E-state index in [0.29, 0.717) is 40.3 Å². The fraction of sp³-hybridized carbons (Fsp3) is 0.364. The summed E-state index contributed by atoms with van der Waals surface area (Å²) >= 11 is 0. The Morgan fingerprint density at radius 1 is 0.953 bits per heavy atom. The molecule has 43 heavy (non-hydrogen) atoms. The highest BCUT2D eigenvalue weighted by Crippen LogP contribution is 2.39. The van der Waals surface area contributed by atoms with Gasteiger partial charge in [0.1, 0.15) is 5.75 Å². The van der Waals surface area contributed by atoms with Crippen LogP contribution in [0.4, 0.5) is 10.5 Å². The second-order valence-electron chi connectivity index (χ2n) is 10.5. The van der Waals surface area contributed by atoms with Gasteiger partial charge in [0.15, 0.2) is 0 Å². The van der Waals surface area contributed by atoms with Gasteiger partial charge >= 0.3 is 18.0 Å². The Hall–Kier alpha value is -4.57. The fourth-order valence-electron chi connectivity index (χ4n) is 5.56. The van der Waals surface area contributed by atoms with Gasteiger partial charge in [0.05, 0.1) is 38.4 Å². The predicted octanol–water partition coefficient (Wildman–Crippen LogP) is 4.58. The molecule has 0 atom stereocenters. The number of hydrogen-bond donors (Lipinski definition) is 3. The molecule has 4 rings (SSSR count). The van der Waals surface area contributed by atoms with Crippen LogP contribution in [0, 0.1) is 0 Å². The van der Waals surface area contributed by atoms with E-state index in [9.17, 15) is 14.4 Å². The monoisotopic (exact) mass is 588 g/mol. The van der Waals surface area contributed by atoms with Gasteiger partial charge in [-0.25, -0.2) is 14.4 Å². The maximum Gasteiger partial charge on any atom is 0.336 e. The highest BCUT2D eigenvalue weighted by atomic mass is 16.5. The summed E-state index contributed by atoms with van der Waals surface area (Å²) in [5.41, 5.74) is 5.47. The Balaban J connectivity index is 1.33. The van der Waals surface area contributed by atoms with Crippen molar-refractivity contribution in [2.24, 2.45) is 0 Å². The number of urea groups is 1. The van der Waals surface area contributed by atoms with Gasteiger partial charge in [-0.1, -0.05) is 30.3 Å². The first kappa shape index (κ1) is 31.4. The van der Waals surface area contributed by atoms with Crippen molar-refractivity contribution in [3.05, 3.63) is 88.3 Å². The van der Waals surface area contributed by atoms with Crippen molar-refractivity contribution in [2.45, 2.75) is 32.6 Å². The molecule has 2 aromatic rings. The fourth-order valence-corrected chi connectivity index (χ4v) is 5.56. The quantitative estimate of drug-likeness (QED) is 0.273. The van der Waals surface area contributed by atoms with Crippen LogP contribution in [0.15, 0.2) is 77.1 Å². The highest BCUT2D eigenvalue weighted by molar-refractivity contribution is 6.00. The average molecular weight is 589 g/mol. The number of benzene rings is 2.